The van der Waals surface area contributed by atoms with Crippen molar-refractivity contribution in [3.8, 4) is 5.75 Å². The number of methoxy groups -OCH3 is 1. The fraction of sp³-hybridized carbons (Fsp3) is 0.176. The summed E-state index contributed by atoms with van der Waals surface area (Å²) in [5.41, 5.74) is 7.88. The lowest BCUT2D eigenvalue weighted by Crippen LogP contribution is -2.15. The molecule has 9 nitrogen and oxygen atoms in total. The number of nitrogens with zero attached hydrogens (tertiary/aromatic N) is 1. The summed E-state index contributed by atoms with van der Waals surface area (Å²) < 4.78 is 5.08. The van der Waals surface area contributed by atoms with Gasteiger partial charge in [-0.15, -0.1) is 0 Å². The Labute approximate surface area is 148 Å². The van der Waals surface area contributed by atoms with Crippen LogP contribution < -0.4 is 21.1 Å². The number of benzene rings is 2. The third-order valence-corrected chi connectivity index (χ3v) is 4.23. The lowest BCUT2D eigenvalue weighted by molar-refractivity contribution is -0.384. The standard InChI is InChI=1S/C17H16N4O5/c1-8-11-6-14(12(18)7-13(11)19-16(8)22)20-17(23)10-4-3-9(21(24)25)5-15(10)26-2/h3-8H,18H2,1-2H3,(H,19,22)(H,20,23). The Morgan fingerprint density at radius 3 is 2.73 bits per heavy atom. The average Bonchev–Trinajstić information content (AvgIpc) is 2.88. The van der Waals surface area contributed by atoms with Crippen LogP contribution in [-0.2, 0) is 4.79 Å². The lowest BCUT2D eigenvalue weighted by Gasteiger charge is -2.13. The minimum Gasteiger partial charge on any atom is -0.496 e. The van der Waals surface area contributed by atoms with Gasteiger partial charge in [0, 0.05) is 11.8 Å². The minimum atomic E-state index is -0.575. The average molecular weight is 356 g/mol. The van der Waals surface area contributed by atoms with E-state index in [9.17, 15) is 19.7 Å². The Morgan fingerprint density at radius 1 is 1.35 bits per heavy atom. The van der Waals surface area contributed by atoms with E-state index in [-0.39, 0.29) is 34.5 Å². The first kappa shape index (κ1) is 17.2. The molecule has 1 atom stereocenters. The van der Waals surface area contributed by atoms with Crippen LogP contribution in [0.4, 0.5) is 22.7 Å². The number of nitro groups is 1. The van der Waals surface area contributed by atoms with E-state index in [1.807, 2.05) is 0 Å². The normalized spacial score (nSPS) is 15.2. The number of anilines is 3. The number of nitrogens with two attached hydrogens (primary N) is 1. The molecule has 0 spiro atoms. The third kappa shape index (κ3) is 2.90. The number of nitrogen functional groups attached to an aromatic ring is 1. The summed E-state index contributed by atoms with van der Waals surface area (Å²) in [7, 11) is 1.32. The quantitative estimate of drug-likeness (QED) is 0.437. The molecule has 4 N–H and O–H groups in total. The van der Waals surface area contributed by atoms with Crippen molar-refractivity contribution in [2.75, 3.05) is 23.5 Å². The van der Waals surface area contributed by atoms with Gasteiger partial charge in [-0.1, -0.05) is 0 Å². The van der Waals surface area contributed by atoms with Crippen molar-refractivity contribution < 1.29 is 19.2 Å². The van der Waals surface area contributed by atoms with Crippen LogP contribution in [0.3, 0.4) is 0 Å². The summed E-state index contributed by atoms with van der Waals surface area (Å²) >= 11 is 0. The highest BCUT2D eigenvalue weighted by molar-refractivity contribution is 6.09. The molecule has 0 saturated heterocycles. The molecule has 0 bridgehead atoms. The molecular weight excluding hydrogens is 340 g/mol. The van der Waals surface area contributed by atoms with Gasteiger partial charge in [0.2, 0.25) is 5.91 Å². The first-order valence-electron chi connectivity index (χ1n) is 7.70. The number of fused-ring (bicyclic) bond motifs is 1. The molecule has 9 heteroatoms. The van der Waals surface area contributed by atoms with Crippen molar-refractivity contribution in [2.24, 2.45) is 0 Å². The van der Waals surface area contributed by atoms with Crippen molar-refractivity contribution in [1.82, 2.24) is 0 Å². The van der Waals surface area contributed by atoms with Crippen molar-refractivity contribution in [3.05, 3.63) is 51.6 Å². The number of carbonyl (C=O) groups is 2. The first-order valence-corrected chi connectivity index (χ1v) is 7.70. The zero-order valence-electron chi connectivity index (χ0n) is 14.0. The summed E-state index contributed by atoms with van der Waals surface area (Å²) in [6, 6.07) is 6.92. The molecule has 0 radical (unpaired) electrons. The number of rotatable bonds is 4. The fourth-order valence-corrected chi connectivity index (χ4v) is 2.76. The van der Waals surface area contributed by atoms with Crippen LogP contribution in [0.2, 0.25) is 0 Å². The number of carbonyl (C=O) groups excluding carboxylic acids is 2. The van der Waals surface area contributed by atoms with Crippen molar-refractivity contribution >= 4 is 34.6 Å². The largest absolute Gasteiger partial charge is 0.496 e. The molecule has 0 fully saturated rings. The van der Waals surface area contributed by atoms with E-state index in [1.54, 1.807) is 19.1 Å². The molecular formula is C17H16N4O5. The van der Waals surface area contributed by atoms with Gasteiger partial charge in [0.25, 0.3) is 11.6 Å². The molecule has 1 aliphatic rings. The highest BCUT2D eigenvalue weighted by Gasteiger charge is 2.28. The maximum atomic E-state index is 12.6. The van der Waals surface area contributed by atoms with E-state index in [1.165, 1.54) is 25.3 Å². The number of hydrogen-bond donors (Lipinski definition) is 3. The van der Waals surface area contributed by atoms with Crippen molar-refractivity contribution in [3.63, 3.8) is 0 Å². The van der Waals surface area contributed by atoms with Crippen LogP contribution in [0.1, 0.15) is 28.8 Å². The lowest BCUT2D eigenvalue weighted by atomic mass is 10.0. The first-order chi connectivity index (χ1) is 12.3. The van der Waals surface area contributed by atoms with Gasteiger partial charge in [0.05, 0.1) is 41.0 Å². The third-order valence-electron chi connectivity index (χ3n) is 4.23. The molecule has 134 valence electrons. The Bertz CT molecular complexity index is 941. The number of nitro benzene ring substituents is 1. The number of hydrogen-bond acceptors (Lipinski definition) is 6. The van der Waals surface area contributed by atoms with E-state index < -0.39 is 10.8 Å². The molecule has 2 amide bonds. The highest BCUT2D eigenvalue weighted by Crippen LogP contribution is 2.37. The van der Waals surface area contributed by atoms with E-state index in [2.05, 4.69) is 10.6 Å². The molecule has 0 aromatic heterocycles. The van der Waals surface area contributed by atoms with E-state index in [0.29, 0.717) is 11.4 Å². The monoisotopic (exact) mass is 356 g/mol. The van der Waals surface area contributed by atoms with Gasteiger partial charge in [0.1, 0.15) is 5.75 Å². The maximum Gasteiger partial charge on any atom is 0.273 e. The summed E-state index contributed by atoms with van der Waals surface area (Å²) in [6.45, 7) is 1.75. The van der Waals surface area contributed by atoms with Crippen molar-refractivity contribution in [2.45, 2.75) is 12.8 Å². The van der Waals surface area contributed by atoms with Gasteiger partial charge in [-0.3, -0.25) is 19.7 Å². The van der Waals surface area contributed by atoms with Crippen LogP contribution >= 0.6 is 0 Å². The molecule has 0 saturated carbocycles. The predicted octanol–water partition coefficient (Wildman–Crippen LogP) is 2.49. The Hall–Kier alpha value is -3.62. The second kappa shape index (κ2) is 6.36. The summed E-state index contributed by atoms with van der Waals surface area (Å²) in [4.78, 5) is 34.6. The molecule has 3 rings (SSSR count). The molecule has 0 aliphatic carbocycles. The molecule has 1 heterocycles. The number of amides is 2. The Morgan fingerprint density at radius 2 is 2.08 bits per heavy atom. The van der Waals surface area contributed by atoms with Gasteiger partial charge in [-0.25, -0.2) is 0 Å². The Kier molecular flexibility index (Phi) is 4.21. The molecule has 2 aromatic rings. The van der Waals surface area contributed by atoms with E-state index in [0.717, 1.165) is 5.56 Å². The van der Waals surface area contributed by atoms with Crippen LogP contribution in [0.25, 0.3) is 0 Å². The summed E-state index contributed by atoms with van der Waals surface area (Å²) in [6.07, 6.45) is 0. The number of non-ortho nitro benzene ring substituents is 1. The zero-order chi connectivity index (χ0) is 19.0. The molecule has 2 aromatic carbocycles. The second-order valence-corrected chi connectivity index (χ2v) is 5.83. The Balaban J connectivity index is 1.92. The van der Waals surface area contributed by atoms with Crippen molar-refractivity contribution in [1.29, 1.82) is 0 Å². The zero-order valence-corrected chi connectivity index (χ0v) is 14.0. The van der Waals surface area contributed by atoms with Gasteiger partial charge < -0.3 is 21.1 Å². The molecule has 26 heavy (non-hydrogen) atoms. The summed E-state index contributed by atoms with van der Waals surface area (Å²) in [5.74, 6) is -0.954. The van der Waals surface area contributed by atoms with Crippen LogP contribution in [0.5, 0.6) is 5.75 Å². The van der Waals surface area contributed by atoms with E-state index >= 15 is 0 Å². The topological polar surface area (TPSA) is 137 Å². The minimum absolute atomic E-state index is 0.0710. The number of nitrogens with one attached hydrogen (secondary N) is 2. The van der Waals surface area contributed by atoms with Crippen LogP contribution in [-0.4, -0.2) is 23.8 Å². The van der Waals surface area contributed by atoms with E-state index in [4.69, 9.17) is 10.5 Å². The highest BCUT2D eigenvalue weighted by atomic mass is 16.6. The van der Waals surface area contributed by atoms with Gasteiger partial charge >= 0.3 is 0 Å². The van der Waals surface area contributed by atoms with Crippen LogP contribution in [0, 0.1) is 10.1 Å². The van der Waals surface area contributed by atoms with Gasteiger partial charge in [-0.2, -0.15) is 0 Å². The summed E-state index contributed by atoms with van der Waals surface area (Å²) in [5, 5.41) is 16.2. The second-order valence-electron chi connectivity index (χ2n) is 5.83. The predicted molar refractivity (Wildman–Crippen MR) is 95.5 cm³/mol. The maximum absolute atomic E-state index is 12.6. The SMILES string of the molecule is COc1cc([N+](=O)[O-])ccc1C(=O)Nc1cc2c(cc1N)NC(=O)C2C. The molecule has 1 unspecified atom stereocenters. The van der Waals surface area contributed by atoms with Gasteiger partial charge in [0.15, 0.2) is 0 Å². The molecule has 1 aliphatic heterocycles. The fourth-order valence-electron chi connectivity index (χ4n) is 2.76. The smallest absolute Gasteiger partial charge is 0.273 e. The van der Waals surface area contributed by atoms with Gasteiger partial charge in [-0.05, 0) is 30.7 Å². The number of ether oxygens (including phenoxy) is 1. The van der Waals surface area contributed by atoms with Crippen LogP contribution in [0.15, 0.2) is 30.3 Å².